The number of rotatable bonds is 3. The van der Waals surface area contributed by atoms with Crippen molar-refractivity contribution in [3.05, 3.63) is 82.9 Å². The maximum Gasteiger partial charge on any atom is 0.335 e. The standard InChI is InChI=1S/C23H19N5O/c24-14-16-3-5-17(6-4-16)18-7-9-19(10-8-18)27-21-2-1-12-26-22(21)28(23(27)29)20-11-13-25-15-20/h1-10,12,20,25H,11,13,15H2/t20-/m0/s1. The average Bonchev–Trinajstić information content (AvgIpc) is 3.39. The molecule has 6 heteroatoms. The Labute approximate surface area is 167 Å². The fourth-order valence-corrected chi connectivity index (χ4v) is 4.03. The second-order valence-corrected chi connectivity index (χ2v) is 7.22. The minimum atomic E-state index is -0.0569. The molecule has 29 heavy (non-hydrogen) atoms. The Morgan fingerprint density at radius 3 is 2.41 bits per heavy atom. The number of hydrogen-bond donors (Lipinski definition) is 1. The molecule has 0 unspecified atom stereocenters. The molecular formula is C23H19N5O. The van der Waals surface area contributed by atoms with Crippen LogP contribution in [0.15, 0.2) is 71.7 Å². The fourth-order valence-electron chi connectivity index (χ4n) is 4.03. The lowest BCUT2D eigenvalue weighted by Crippen LogP contribution is -2.28. The van der Waals surface area contributed by atoms with Crippen LogP contribution in [0, 0.1) is 11.3 Å². The van der Waals surface area contributed by atoms with Gasteiger partial charge in [-0.1, -0.05) is 24.3 Å². The van der Waals surface area contributed by atoms with E-state index in [9.17, 15) is 4.79 Å². The highest BCUT2D eigenvalue weighted by molar-refractivity contribution is 5.75. The van der Waals surface area contributed by atoms with E-state index in [1.807, 2.05) is 65.2 Å². The van der Waals surface area contributed by atoms with E-state index in [0.717, 1.165) is 47.5 Å². The van der Waals surface area contributed by atoms with Crippen LogP contribution in [0.5, 0.6) is 0 Å². The van der Waals surface area contributed by atoms with Crippen molar-refractivity contribution < 1.29 is 0 Å². The molecule has 0 aliphatic carbocycles. The zero-order valence-corrected chi connectivity index (χ0v) is 15.7. The van der Waals surface area contributed by atoms with Crippen LogP contribution in [0.2, 0.25) is 0 Å². The summed E-state index contributed by atoms with van der Waals surface area (Å²) in [7, 11) is 0. The molecule has 1 fully saturated rings. The molecule has 1 aliphatic heterocycles. The van der Waals surface area contributed by atoms with Gasteiger partial charge in [0, 0.05) is 12.7 Å². The molecule has 2 aromatic carbocycles. The first-order valence-corrected chi connectivity index (χ1v) is 9.66. The van der Waals surface area contributed by atoms with Crippen LogP contribution in [-0.2, 0) is 0 Å². The zero-order valence-electron chi connectivity index (χ0n) is 15.7. The number of benzene rings is 2. The molecule has 142 valence electrons. The fraction of sp³-hybridized carbons (Fsp3) is 0.174. The van der Waals surface area contributed by atoms with Gasteiger partial charge < -0.3 is 5.32 Å². The van der Waals surface area contributed by atoms with E-state index in [2.05, 4.69) is 16.4 Å². The van der Waals surface area contributed by atoms with Gasteiger partial charge >= 0.3 is 5.69 Å². The van der Waals surface area contributed by atoms with Crippen molar-refractivity contribution in [1.29, 1.82) is 5.26 Å². The first kappa shape index (κ1) is 17.4. The summed E-state index contributed by atoms with van der Waals surface area (Å²) in [5.41, 5.74) is 5.00. The van der Waals surface area contributed by atoms with Crippen LogP contribution >= 0.6 is 0 Å². The lowest BCUT2D eigenvalue weighted by Gasteiger charge is -2.09. The van der Waals surface area contributed by atoms with Crippen molar-refractivity contribution in [2.75, 3.05) is 13.1 Å². The number of fused-ring (bicyclic) bond motifs is 1. The lowest BCUT2D eigenvalue weighted by atomic mass is 10.0. The Kier molecular flexibility index (Phi) is 4.23. The molecular weight excluding hydrogens is 362 g/mol. The normalized spacial score (nSPS) is 16.2. The Hall–Kier alpha value is -3.69. The summed E-state index contributed by atoms with van der Waals surface area (Å²) in [5, 5.41) is 12.3. The van der Waals surface area contributed by atoms with Crippen LogP contribution in [-0.4, -0.2) is 27.2 Å². The molecule has 1 N–H and O–H groups in total. The molecule has 0 bridgehead atoms. The van der Waals surface area contributed by atoms with Gasteiger partial charge in [0.1, 0.15) is 0 Å². The van der Waals surface area contributed by atoms with Crippen molar-refractivity contribution in [2.45, 2.75) is 12.5 Å². The second kappa shape index (κ2) is 7.04. The van der Waals surface area contributed by atoms with E-state index in [1.54, 1.807) is 10.8 Å². The molecule has 5 rings (SSSR count). The van der Waals surface area contributed by atoms with E-state index in [0.29, 0.717) is 5.56 Å². The van der Waals surface area contributed by atoms with Crippen LogP contribution in [0.1, 0.15) is 18.0 Å². The quantitative estimate of drug-likeness (QED) is 0.591. The highest BCUT2D eigenvalue weighted by Crippen LogP contribution is 2.25. The Bertz CT molecular complexity index is 1270. The van der Waals surface area contributed by atoms with Gasteiger partial charge in [0.05, 0.1) is 28.9 Å². The molecule has 0 radical (unpaired) electrons. The third-order valence-corrected chi connectivity index (χ3v) is 5.50. The lowest BCUT2D eigenvalue weighted by molar-refractivity contribution is 0.537. The number of hydrogen-bond acceptors (Lipinski definition) is 4. The number of nitriles is 1. The maximum atomic E-state index is 13.3. The molecule has 0 spiro atoms. The summed E-state index contributed by atoms with van der Waals surface area (Å²) in [6, 6.07) is 21.5. The SMILES string of the molecule is N#Cc1ccc(-c2ccc(-n3c(=O)n([C@H]4CCNC4)c4ncccc43)cc2)cc1. The van der Waals surface area contributed by atoms with Gasteiger partial charge in [0.2, 0.25) is 0 Å². The Morgan fingerprint density at radius 2 is 1.76 bits per heavy atom. The van der Waals surface area contributed by atoms with Crippen LogP contribution in [0.4, 0.5) is 0 Å². The number of pyridine rings is 1. The second-order valence-electron chi connectivity index (χ2n) is 7.22. The summed E-state index contributed by atoms with van der Waals surface area (Å²) < 4.78 is 3.56. The van der Waals surface area contributed by atoms with Gasteiger partial charge in [0.15, 0.2) is 5.65 Å². The number of nitrogens with zero attached hydrogens (tertiary/aromatic N) is 4. The molecule has 0 saturated carbocycles. The van der Waals surface area contributed by atoms with Gasteiger partial charge in [-0.25, -0.2) is 9.78 Å². The molecule has 3 heterocycles. The first-order valence-electron chi connectivity index (χ1n) is 9.66. The van der Waals surface area contributed by atoms with Gasteiger partial charge in [-0.2, -0.15) is 5.26 Å². The highest BCUT2D eigenvalue weighted by atomic mass is 16.1. The van der Waals surface area contributed by atoms with Crippen molar-refractivity contribution >= 4 is 11.2 Å². The highest BCUT2D eigenvalue weighted by Gasteiger charge is 2.24. The van der Waals surface area contributed by atoms with Gasteiger partial charge in [-0.3, -0.25) is 9.13 Å². The minimum Gasteiger partial charge on any atom is -0.315 e. The van der Waals surface area contributed by atoms with E-state index < -0.39 is 0 Å². The van der Waals surface area contributed by atoms with E-state index in [-0.39, 0.29) is 11.7 Å². The van der Waals surface area contributed by atoms with E-state index in [4.69, 9.17) is 5.26 Å². The minimum absolute atomic E-state index is 0.0569. The molecule has 1 atom stereocenters. The van der Waals surface area contributed by atoms with Crippen LogP contribution < -0.4 is 11.0 Å². The van der Waals surface area contributed by atoms with Gasteiger partial charge in [-0.15, -0.1) is 0 Å². The summed E-state index contributed by atoms with van der Waals surface area (Å²) >= 11 is 0. The number of nitrogens with one attached hydrogen (secondary N) is 1. The van der Waals surface area contributed by atoms with Crippen molar-refractivity contribution in [1.82, 2.24) is 19.4 Å². The molecule has 6 nitrogen and oxygen atoms in total. The van der Waals surface area contributed by atoms with Crippen LogP contribution in [0.25, 0.3) is 28.0 Å². The summed E-state index contributed by atoms with van der Waals surface area (Å²) in [6.07, 6.45) is 2.66. The molecule has 1 saturated heterocycles. The Balaban J connectivity index is 1.60. The molecule has 4 aromatic rings. The van der Waals surface area contributed by atoms with Crippen molar-refractivity contribution in [3.8, 4) is 22.9 Å². The third-order valence-electron chi connectivity index (χ3n) is 5.50. The largest absolute Gasteiger partial charge is 0.335 e. The first-order chi connectivity index (χ1) is 14.3. The molecule has 2 aromatic heterocycles. The van der Waals surface area contributed by atoms with Gasteiger partial charge in [-0.05, 0) is 60.5 Å². The average molecular weight is 381 g/mol. The van der Waals surface area contributed by atoms with E-state index in [1.165, 1.54) is 0 Å². The van der Waals surface area contributed by atoms with Crippen molar-refractivity contribution in [2.24, 2.45) is 0 Å². The number of aromatic nitrogens is 3. The van der Waals surface area contributed by atoms with Crippen LogP contribution in [0.3, 0.4) is 0 Å². The topological polar surface area (TPSA) is 75.6 Å². The third kappa shape index (κ3) is 2.93. The summed E-state index contributed by atoms with van der Waals surface area (Å²) in [5.74, 6) is 0. The smallest absolute Gasteiger partial charge is 0.315 e. The predicted octanol–water partition coefficient (Wildman–Crippen LogP) is 3.26. The number of imidazole rings is 1. The summed E-state index contributed by atoms with van der Waals surface area (Å²) in [4.78, 5) is 17.8. The zero-order chi connectivity index (χ0) is 19.8. The molecule has 1 aliphatic rings. The maximum absolute atomic E-state index is 13.3. The Morgan fingerprint density at radius 1 is 1.03 bits per heavy atom. The van der Waals surface area contributed by atoms with E-state index >= 15 is 0 Å². The van der Waals surface area contributed by atoms with Crippen molar-refractivity contribution in [3.63, 3.8) is 0 Å². The summed E-state index contributed by atoms with van der Waals surface area (Å²) in [6.45, 7) is 1.70. The van der Waals surface area contributed by atoms with Gasteiger partial charge in [0.25, 0.3) is 0 Å². The monoisotopic (exact) mass is 381 g/mol. The molecule has 0 amide bonds. The predicted molar refractivity (Wildman–Crippen MR) is 112 cm³/mol.